The van der Waals surface area contributed by atoms with Crippen LogP contribution in [0.2, 0.25) is 5.02 Å². The van der Waals surface area contributed by atoms with Crippen LogP contribution in [0.4, 0.5) is 11.6 Å². The van der Waals surface area contributed by atoms with Crippen LogP contribution in [0.3, 0.4) is 0 Å². The van der Waals surface area contributed by atoms with E-state index in [0.29, 0.717) is 23.1 Å². The normalized spacial score (nSPS) is 18.6. The fourth-order valence-electron chi connectivity index (χ4n) is 4.28. The molecule has 5 rings (SSSR count). The molecule has 1 fully saturated rings. The summed E-state index contributed by atoms with van der Waals surface area (Å²) in [6.45, 7) is 3.97. The van der Waals surface area contributed by atoms with E-state index in [4.69, 9.17) is 11.6 Å². The second-order valence-corrected chi connectivity index (χ2v) is 7.94. The maximum Gasteiger partial charge on any atom is 0.226 e. The number of halogens is 1. The molecular weight excluding hydrogens is 388 g/mol. The number of benzene rings is 1. The van der Waals surface area contributed by atoms with Crippen molar-refractivity contribution in [2.75, 3.05) is 23.3 Å². The predicted octanol–water partition coefficient (Wildman–Crippen LogP) is 3.70. The van der Waals surface area contributed by atoms with Gasteiger partial charge in [0.25, 0.3) is 0 Å². The van der Waals surface area contributed by atoms with Gasteiger partial charge in [0, 0.05) is 36.0 Å². The van der Waals surface area contributed by atoms with Crippen LogP contribution in [0, 0.1) is 6.92 Å². The summed E-state index contributed by atoms with van der Waals surface area (Å²) in [5, 5.41) is 17.1. The average molecular weight is 409 g/mol. The van der Waals surface area contributed by atoms with Gasteiger partial charge in [-0.05, 0) is 43.5 Å². The largest absolute Gasteiger partial charge is 0.355 e. The minimum absolute atomic E-state index is 0.0646. The van der Waals surface area contributed by atoms with E-state index in [0.717, 1.165) is 35.7 Å². The number of aromatic nitrogens is 4. The van der Waals surface area contributed by atoms with E-state index in [9.17, 15) is 4.79 Å². The molecule has 1 N–H and O–H groups in total. The quantitative estimate of drug-likeness (QED) is 0.715. The van der Waals surface area contributed by atoms with Gasteiger partial charge < -0.3 is 10.2 Å². The van der Waals surface area contributed by atoms with E-state index < -0.39 is 0 Å². The number of hydrogen-bond acceptors (Lipinski definition) is 5. The first-order valence-corrected chi connectivity index (χ1v) is 10.2. The molecule has 1 atom stereocenters. The molecule has 1 aromatic carbocycles. The lowest BCUT2D eigenvalue weighted by Gasteiger charge is -2.25. The van der Waals surface area contributed by atoms with Crippen LogP contribution in [0.25, 0.3) is 5.82 Å². The van der Waals surface area contributed by atoms with E-state index >= 15 is 0 Å². The molecule has 2 aliphatic heterocycles. The second-order valence-electron chi connectivity index (χ2n) is 7.53. The monoisotopic (exact) mass is 408 g/mol. The standard InChI is InChI=1S/C21H21ClN6O/c1-13-20-15(14-6-2-3-7-16(14)22)12-19(29)23-21(20)28(26-13)18-9-8-17(24-25-18)27-10-4-5-11-27/h2-3,6-9,15H,4-5,10-12H2,1H3,(H,23,29)/t15-/m1/s1. The summed E-state index contributed by atoms with van der Waals surface area (Å²) in [5.41, 5.74) is 2.75. The Morgan fingerprint density at radius 2 is 1.79 bits per heavy atom. The van der Waals surface area contributed by atoms with E-state index in [-0.39, 0.29) is 11.8 Å². The first-order chi connectivity index (χ1) is 14.1. The van der Waals surface area contributed by atoms with Gasteiger partial charge in [-0.1, -0.05) is 29.8 Å². The van der Waals surface area contributed by atoms with Crippen LogP contribution in [0.1, 0.15) is 42.0 Å². The molecule has 0 saturated carbocycles. The summed E-state index contributed by atoms with van der Waals surface area (Å²) >= 11 is 6.44. The lowest BCUT2D eigenvalue weighted by Crippen LogP contribution is -2.25. The lowest BCUT2D eigenvalue weighted by molar-refractivity contribution is -0.116. The van der Waals surface area contributed by atoms with Crippen molar-refractivity contribution in [2.45, 2.75) is 32.1 Å². The summed E-state index contributed by atoms with van der Waals surface area (Å²) < 4.78 is 1.67. The predicted molar refractivity (Wildman–Crippen MR) is 112 cm³/mol. The Morgan fingerprint density at radius 3 is 2.52 bits per heavy atom. The van der Waals surface area contributed by atoms with Gasteiger partial charge in [-0.2, -0.15) is 9.78 Å². The molecule has 0 aliphatic carbocycles. The van der Waals surface area contributed by atoms with Crippen molar-refractivity contribution < 1.29 is 4.79 Å². The highest BCUT2D eigenvalue weighted by molar-refractivity contribution is 6.31. The summed E-state index contributed by atoms with van der Waals surface area (Å²) in [5.74, 6) is 1.90. The molecule has 8 heteroatoms. The Hall–Kier alpha value is -2.93. The fraction of sp³-hybridized carbons (Fsp3) is 0.333. The molecular formula is C21H21ClN6O. The molecule has 1 saturated heterocycles. The highest BCUT2D eigenvalue weighted by Crippen LogP contribution is 2.42. The smallest absolute Gasteiger partial charge is 0.226 e. The highest BCUT2D eigenvalue weighted by atomic mass is 35.5. The first-order valence-electron chi connectivity index (χ1n) is 9.84. The van der Waals surface area contributed by atoms with Gasteiger partial charge in [0.15, 0.2) is 11.6 Å². The summed E-state index contributed by atoms with van der Waals surface area (Å²) in [7, 11) is 0. The number of anilines is 2. The molecule has 3 aromatic rings. The zero-order valence-electron chi connectivity index (χ0n) is 16.1. The number of carbonyl (C=O) groups excluding carboxylic acids is 1. The molecule has 148 valence electrons. The molecule has 7 nitrogen and oxygen atoms in total. The fourth-order valence-corrected chi connectivity index (χ4v) is 4.55. The highest BCUT2D eigenvalue weighted by Gasteiger charge is 2.33. The minimum Gasteiger partial charge on any atom is -0.355 e. The summed E-state index contributed by atoms with van der Waals surface area (Å²) in [6.07, 6.45) is 2.71. The van der Waals surface area contributed by atoms with Crippen LogP contribution >= 0.6 is 11.6 Å². The Balaban J connectivity index is 1.56. The molecule has 0 bridgehead atoms. The van der Waals surface area contributed by atoms with Gasteiger partial charge in [-0.3, -0.25) is 4.79 Å². The van der Waals surface area contributed by atoms with Gasteiger partial charge in [0.1, 0.15) is 5.82 Å². The topological polar surface area (TPSA) is 75.9 Å². The maximum absolute atomic E-state index is 12.5. The van der Waals surface area contributed by atoms with Crippen molar-refractivity contribution in [3.05, 3.63) is 58.2 Å². The zero-order valence-corrected chi connectivity index (χ0v) is 16.9. The number of carbonyl (C=O) groups is 1. The second kappa shape index (κ2) is 7.15. The molecule has 2 aliphatic rings. The van der Waals surface area contributed by atoms with Crippen LogP contribution in [-0.4, -0.2) is 39.0 Å². The van der Waals surface area contributed by atoms with E-state index in [1.54, 1.807) is 4.68 Å². The van der Waals surface area contributed by atoms with Crippen molar-refractivity contribution >= 4 is 29.1 Å². The summed E-state index contributed by atoms with van der Waals surface area (Å²) in [4.78, 5) is 14.7. The molecule has 4 heterocycles. The van der Waals surface area contributed by atoms with Gasteiger partial charge in [0.2, 0.25) is 5.91 Å². The van der Waals surface area contributed by atoms with E-state index in [1.807, 2.05) is 43.3 Å². The first kappa shape index (κ1) is 18.1. The number of amides is 1. The third-order valence-electron chi connectivity index (χ3n) is 5.67. The number of nitrogens with zero attached hydrogens (tertiary/aromatic N) is 5. The maximum atomic E-state index is 12.5. The van der Waals surface area contributed by atoms with Gasteiger partial charge in [-0.15, -0.1) is 10.2 Å². The third kappa shape index (κ3) is 3.15. The van der Waals surface area contributed by atoms with Crippen LogP contribution in [0.15, 0.2) is 36.4 Å². The van der Waals surface area contributed by atoms with Gasteiger partial charge >= 0.3 is 0 Å². The molecule has 0 radical (unpaired) electrons. The van der Waals surface area contributed by atoms with Crippen LogP contribution in [0.5, 0.6) is 0 Å². The van der Waals surface area contributed by atoms with Crippen molar-refractivity contribution in [1.82, 2.24) is 20.0 Å². The lowest BCUT2D eigenvalue weighted by atomic mass is 9.86. The Bertz CT molecular complexity index is 1070. The summed E-state index contributed by atoms with van der Waals surface area (Å²) in [6, 6.07) is 11.5. The number of hydrogen-bond donors (Lipinski definition) is 1. The van der Waals surface area contributed by atoms with Crippen LogP contribution < -0.4 is 10.2 Å². The number of fused-ring (bicyclic) bond motifs is 1. The van der Waals surface area contributed by atoms with Crippen molar-refractivity contribution in [3.8, 4) is 5.82 Å². The van der Waals surface area contributed by atoms with Crippen molar-refractivity contribution in [2.24, 2.45) is 0 Å². The SMILES string of the molecule is Cc1nn(-c2ccc(N3CCCC3)nn2)c2c1[C@@H](c1ccccc1Cl)CC(=O)N2. The van der Waals surface area contributed by atoms with E-state index in [1.165, 1.54) is 12.8 Å². The number of rotatable bonds is 3. The third-order valence-corrected chi connectivity index (χ3v) is 6.01. The van der Waals surface area contributed by atoms with Gasteiger partial charge in [0.05, 0.1) is 5.69 Å². The molecule has 2 aromatic heterocycles. The zero-order chi connectivity index (χ0) is 20.0. The van der Waals surface area contributed by atoms with Gasteiger partial charge in [-0.25, -0.2) is 0 Å². The molecule has 1 amide bonds. The Kier molecular flexibility index (Phi) is 4.47. The molecule has 29 heavy (non-hydrogen) atoms. The minimum atomic E-state index is -0.141. The molecule has 0 unspecified atom stereocenters. The average Bonchev–Trinajstić information content (AvgIpc) is 3.37. The molecule has 0 spiro atoms. The Morgan fingerprint density at radius 1 is 1.07 bits per heavy atom. The Labute approximate surface area is 173 Å². The van der Waals surface area contributed by atoms with Crippen molar-refractivity contribution in [3.63, 3.8) is 0 Å². The van der Waals surface area contributed by atoms with E-state index in [2.05, 4.69) is 25.5 Å². The van der Waals surface area contributed by atoms with Crippen molar-refractivity contribution in [1.29, 1.82) is 0 Å². The number of nitrogens with one attached hydrogen (secondary N) is 1. The van der Waals surface area contributed by atoms with Crippen LogP contribution in [-0.2, 0) is 4.79 Å². The number of aryl methyl sites for hydroxylation is 1.